The second-order valence-corrected chi connectivity index (χ2v) is 11.7. The molecule has 29 heteroatoms. The van der Waals surface area contributed by atoms with E-state index in [1.165, 1.54) is 18.2 Å². The minimum atomic E-state index is -1.76. The van der Waals surface area contributed by atoms with Gasteiger partial charge in [-0.15, -0.1) is 15.3 Å². The van der Waals surface area contributed by atoms with Crippen LogP contribution in [0.25, 0.3) is 21.4 Å². The number of aromatic hydroxyl groups is 1. The molecule has 0 atom stereocenters. The van der Waals surface area contributed by atoms with E-state index in [0.29, 0.717) is 4.68 Å². The Morgan fingerprint density at radius 3 is 1.59 bits per heavy atom. The summed E-state index contributed by atoms with van der Waals surface area (Å²) in [6, 6.07) is 11.1. The number of nitrogens with zero attached hydrogens (tertiary/aromatic N) is 10. The topological polar surface area (TPSA) is 356 Å². The van der Waals surface area contributed by atoms with E-state index in [-0.39, 0.29) is 290 Å². The SMILES string of the molecule is [C-]#[N+]c1nn(-c2nc(Nc3cc(C(=O)[O-])cc(C(=O)[O-])c3)nc(Nc3cc(C(=O)[O-])cc(C(=O)[O-])c3)n2)c(O)c1N=Nc1nnc(-c2ccccc2C(=O)[O-])s1.[K+].[K+].[K+].[K+].[K+]. The molecule has 0 bridgehead atoms. The van der Waals surface area contributed by atoms with Crippen molar-refractivity contribution in [2.75, 3.05) is 10.6 Å². The molecule has 23 nitrogen and oxygen atoms in total. The second-order valence-electron chi connectivity index (χ2n) is 10.7. The van der Waals surface area contributed by atoms with Crippen molar-refractivity contribution in [3.05, 3.63) is 99.9 Å². The predicted molar refractivity (Wildman–Crippen MR) is 175 cm³/mol. The molecule has 0 aliphatic rings. The molecule has 3 heterocycles. The van der Waals surface area contributed by atoms with Crippen molar-refractivity contribution in [1.82, 2.24) is 34.9 Å². The summed E-state index contributed by atoms with van der Waals surface area (Å²) < 4.78 is 0.579. The first kappa shape index (κ1) is 58.5. The monoisotopic (exact) mass is 968 g/mol. The van der Waals surface area contributed by atoms with E-state index in [1.54, 1.807) is 6.07 Å². The summed E-state index contributed by atoms with van der Waals surface area (Å²) in [5.41, 5.74) is -3.40. The first-order valence-corrected chi connectivity index (χ1v) is 15.7. The van der Waals surface area contributed by atoms with Gasteiger partial charge in [-0.1, -0.05) is 46.9 Å². The molecule has 3 aromatic heterocycles. The zero-order valence-corrected chi connectivity index (χ0v) is 48.6. The molecule has 0 aliphatic carbocycles. The number of carbonyl (C=O) groups is 5. The smallest absolute Gasteiger partial charge is 0.545 e. The average Bonchev–Trinajstić information content (AvgIpc) is 3.77. The number of benzene rings is 3. The number of hydrogen-bond donors (Lipinski definition) is 3. The van der Waals surface area contributed by atoms with Gasteiger partial charge in [0.1, 0.15) is 5.01 Å². The van der Waals surface area contributed by atoms with Gasteiger partial charge in [0.15, 0.2) is 5.69 Å². The van der Waals surface area contributed by atoms with Crippen LogP contribution in [-0.2, 0) is 0 Å². The first-order chi connectivity index (χ1) is 26.7. The van der Waals surface area contributed by atoms with Gasteiger partial charge >= 0.3 is 263 Å². The summed E-state index contributed by atoms with van der Waals surface area (Å²) >= 11 is 0.804. The molecule has 0 saturated carbocycles. The molecule has 0 aliphatic heterocycles. The molecule has 278 valence electrons. The van der Waals surface area contributed by atoms with E-state index in [9.17, 15) is 54.6 Å². The van der Waals surface area contributed by atoms with Gasteiger partial charge in [-0.25, -0.2) is 0 Å². The van der Waals surface area contributed by atoms with Gasteiger partial charge in [0.2, 0.25) is 11.9 Å². The van der Waals surface area contributed by atoms with Gasteiger partial charge in [-0.05, 0) is 63.8 Å². The summed E-state index contributed by atoms with van der Waals surface area (Å²) in [4.78, 5) is 73.3. The third-order valence-corrected chi connectivity index (χ3v) is 7.93. The molecule has 0 radical (unpaired) electrons. The summed E-state index contributed by atoms with van der Waals surface area (Å²) in [6.07, 6.45) is 0. The predicted octanol–water partition coefficient (Wildman–Crippen LogP) is -16.4. The van der Waals surface area contributed by atoms with Crippen LogP contribution in [0.1, 0.15) is 51.8 Å². The zero-order chi connectivity index (χ0) is 40.3. The number of azo groups is 1. The Morgan fingerprint density at radius 1 is 0.672 bits per heavy atom. The van der Waals surface area contributed by atoms with Crippen LogP contribution >= 0.6 is 11.3 Å². The van der Waals surface area contributed by atoms with Crippen molar-refractivity contribution in [3.8, 4) is 22.4 Å². The number of carboxylic acids is 5. The number of aromatic nitrogens is 7. The fraction of sp³-hybridized carbons (Fsp3) is 0. The van der Waals surface area contributed by atoms with Crippen molar-refractivity contribution in [2.45, 2.75) is 0 Å². The Bertz CT molecular complexity index is 2570. The number of aromatic carboxylic acids is 5. The maximum Gasteiger partial charge on any atom is 1.00 e. The standard InChI is InChI=1S/C32H18N12O11S.5K/c1-33-21-20(39-41-32-42-40-22(56-32)18-4-2-3-5-19(18)28(54)55)23(45)44(43-21)31-37-29(34-16-8-12(24(46)47)6-13(9-16)25(48)49)36-30(38-31)35-17-10-14(26(50)51)7-15(11-17)27(52)53;;;;;/h2-11,45H,(H,46,47)(H,48,49)(H,50,51)(H,52,53)(H,54,55)(H2,34,35,36,37,38);;;;;/q;5*+1/p-5. The van der Waals surface area contributed by atoms with Crippen LogP contribution in [0, 0.1) is 6.57 Å². The third-order valence-electron chi connectivity index (χ3n) is 7.09. The summed E-state index contributed by atoms with van der Waals surface area (Å²) in [5, 5.41) is 93.5. The number of anilines is 4. The van der Waals surface area contributed by atoms with Crippen molar-refractivity contribution in [3.63, 3.8) is 0 Å². The van der Waals surface area contributed by atoms with E-state index >= 15 is 0 Å². The van der Waals surface area contributed by atoms with E-state index in [4.69, 9.17) is 6.57 Å². The van der Waals surface area contributed by atoms with Gasteiger partial charge in [0.05, 0.1) is 29.8 Å². The normalized spacial score (nSPS) is 9.95. The van der Waals surface area contributed by atoms with Crippen molar-refractivity contribution in [2.24, 2.45) is 10.2 Å². The Kier molecular flexibility index (Phi) is 25.5. The van der Waals surface area contributed by atoms with Gasteiger partial charge in [0, 0.05) is 22.5 Å². The van der Waals surface area contributed by atoms with Crippen molar-refractivity contribution >= 4 is 81.1 Å². The number of rotatable bonds is 13. The molecule has 61 heavy (non-hydrogen) atoms. The maximum absolute atomic E-state index is 11.6. The quantitative estimate of drug-likeness (QED) is 0.0549. The molecular weight excluding hydrogens is 956 g/mol. The second kappa shape index (κ2) is 26.6. The van der Waals surface area contributed by atoms with Gasteiger partial charge < -0.3 is 70.1 Å². The summed E-state index contributed by atoms with van der Waals surface area (Å²) in [7, 11) is 0. The fourth-order valence-corrected chi connectivity index (χ4v) is 5.41. The van der Waals surface area contributed by atoms with Crippen LogP contribution in [0.15, 0.2) is 70.9 Å². The molecule has 0 unspecified atom stereocenters. The van der Waals surface area contributed by atoms with Gasteiger partial charge in [0.25, 0.3) is 17.0 Å². The Balaban J connectivity index is 0.00000372. The Hall–Kier alpha value is -0.538. The minimum Gasteiger partial charge on any atom is -0.545 e. The number of carboxylic acid groups (broad SMARTS) is 5. The summed E-state index contributed by atoms with van der Waals surface area (Å²) in [6.45, 7) is 7.58. The van der Waals surface area contributed by atoms with E-state index < -0.39 is 87.3 Å². The third kappa shape index (κ3) is 15.0. The van der Waals surface area contributed by atoms with Crippen molar-refractivity contribution < 1.29 is 312 Å². The Labute approximate surface area is 558 Å². The van der Waals surface area contributed by atoms with E-state index in [2.05, 4.69) is 56.0 Å². The molecule has 0 saturated heterocycles. The molecule has 6 aromatic rings. The van der Waals surface area contributed by atoms with Crippen LogP contribution in [0.3, 0.4) is 0 Å². The molecular formula is C32H13K5N12O11S. The first-order valence-electron chi connectivity index (χ1n) is 14.9. The molecule has 0 amide bonds. The zero-order valence-electron chi connectivity index (χ0n) is 32.2. The minimum absolute atomic E-state index is 0. The van der Waals surface area contributed by atoms with Crippen molar-refractivity contribution in [1.29, 1.82) is 0 Å². The van der Waals surface area contributed by atoms with Crippen LogP contribution in [0.5, 0.6) is 5.88 Å². The maximum atomic E-state index is 11.6. The van der Waals surface area contributed by atoms with Crippen LogP contribution in [0.4, 0.5) is 39.9 Å². The fourth-order valence-electron chi connectivity index (χ4n) is 4.70. The van der Waals surface area contributed by atoms with Gasteiger partial charge in [-0.2, -0.15) is 20.1 Å². The Morgan fingerprint density at radius 2 is 1.15 bits per heavy atom. The van der Waals surface area contributed by atoms with Crippen LogP contribution < -0.4 is 293 Å². The largest absolute Gasteiger partial charge is 1.00 e. The van der Waals surface area contributed by atoms with E-state index in [1.807, 2.05) is 0 Å². The van der Waals surface area contributed by atoms with Gasteiger partial charge in [-0.3, -0.25) is 0 Å². The summed E-state index contributed by atoms with van der Waals surface area (Å²) in [5.74, 6) is -11.6. The van der Waals surface area contributed by atoms with Crippen LogP contribution in [-0.4, -0.2) is 69.9 Å². The number of nitrogens with one attached hydrogen (secondary N) is 2. The van der Waals surface area contributed by atoms with Crippen LogP contribution in [0.2, 0.25) is 0 Å². The molecule has 6 rings (SSSR count). The molecule has 0 fully saturated rings. The molecule has 3 aromatic carbocycles. The molecule has 3 N–H and O–H groups in total. The molecule has 0 spiro atoms. The number of carbonyl (C=O) groups excluding carboxylic acids is 5. The average molecular weight is 969 g/mol. The number of hydrogen-bond acceptors (Lipinski definition) is 22. The van der Waals surface area contributed by atoms with E-state index in [0.717, 1.165) is 47.7 Å².